The quantitative estimate of drug-likeness (QED) is 0.413. The summed E-state index contributed by atoms with van der Waals surface area (Å²) < 4.78 is 0. The predicted molar refractivity (Wildman–Crippen MR) is 110 cm³/mol. The van der Waals surface area contributed by atoms with Crippen LogP contribution in [-0.4, -0.2) is 6.16 Å². The van der Waals surface area contributed by atoms with Crippen molar-refractivity contribution in [2.45, 2.75) is 26.2 Å². The van der Waals surface area contributed by atoms with Crippen LogP contribution >= 0.6 is 7.26 Å². The van der Waals surface area contributed by atoms with Crippen molar-refractivity contribution in [2.24, 2.45) is 0 Å². The molecule has 0 bridgehead atoms. The van der Waals surface area contributed by atoms with E-state index in [0.29, 0.717) is 0 Å². The molecule has 0 N–H and O–H groups in total. The second kappa shape index (κ2) is 8.27. The van der Waals surface area contributed by atoms with E-state index in [0.717, 1.165) is 0 Å². The first-order valence-electron chi connectivity index (χ1n) is 8.93. The summed E-state index contributed by atoms with van der Waals surface area (Å²) in [5, 5.41) is 4.50. The average Bonchev–Trinajstić information content (AvgIpc) is 2.68. The van der Waals surface area contributed by atoms with Crippen molar-refractivity contribution < 1.29 is 0 Å². The third-order valence-electron chi connectivity index (χ3n) is 4.69. The van der Waals surface area contributed by atoms with Crippen LogP contribution in [0, 0.1) is 0 Å². The first-order chi connectivity index (χ1) is 11.9. The van der Waals surface area contributed by atoms with Crippen molar-refractivity contribution in [1.82, 2.24) is 0 Å². The van der Waals surface area contributed by atoms with E-state index in [-0.39, 0.29) is 0 Å². The van der Waals surface area contributed by atoms with E-state index >= 15 is 0 Å². The van der Waals surface area contributed by atoms with Gasteiger partial charge >= 0.3 is 0 Å². The molecule has 0 aromatic heterocycles. The highest BCUT2D eigenvalue weighted by atomic mass is 31.2. The average molecular weight is 333 g/mol. The van der Waals surface area contributed by atoms with Crippen LogP contribution in [-0.2, 0) is 0 Å². The molecule has 0 unspecified atom stereocenters. The van der Waals surface area contributed by atoms with Gasteiger partial charge in [-0.2, -0.15) is 0 Å². The van der Waals surface area contributed by atoms with Gasteiger partial charge in [-0.25, -0.2) is 0 Å². The zero-order valence-corrected chi connectivity index (χ0v) is 15.3. The molecule has 24 heavy (non-hydrogen) atoms. The lowest BCUT2D eigenvalue weighted by atomic mass is 10.3. The lowest BCUT2D eigenvalue weighted by Gasteiger charge is -2.38. The lowest BCUT2D eigenvalue weighted by Crippen LogP contribution is -2.33. The molecule has 123 valence electrons. The number of benzene rings is 3. The molecular weight excluding hydrogens is 307 g/mol. The molecule has 3 aromatic rings. The molecule has 0 aliphatic heterocycles. The van der Waals surface area contributed by atoms with E-state index in [1.54, 1.807) is 0 Å². The van der Waals surface area contributed by atoms with Crippen molar-refractivity contribution in [3.05, 3.63) is 91.0 Å². The zero-order valence-electron chi connectivity index (χ0n) is 14.4. The smallest absolute Gasteiger partial charge is 0.0196 e. The van der Waals surface area contributed by atoms with E-state index in [9.17, 15) is 0 Å². The minimum absolute atomic E-state index is 1.25. The summed E-state index contributed by atoms with van der Waals surface area (Å²) >= 11 is 0. The van der Waals surface area contributed by atoms with E-state index in [1.165, 1.54) is 41.3 Å². The van der Waals surface area contributed by atoms with Gasteiger partial charge in [0.2, 0.25) is 0 Å². The third-order valence-corrected chi connectivity index (χ3v) is 9.21. The van der Waals surface area contributed by atoms with Gasteiger partial charge in [0.15, 0.2) is 0 Å². The number of hydrogen-bond donors (Lipinski definition) is 0. The molecule has 0 spiro atoms. The molecule has 3 rings (SSSR count). The summed E-state index contributed by atoms with van der Waals surface area (Å²) in [7, 11) is -1.58. The second-order valence-corrected chi connectivity index (χ2v) is 9.86. The van der Waals surface area contributed by atoms with Crippen molar-refractivity contribution in [1.29, 1.82) is 0 Å². The van der Waals surface area contributed by atoms with Crippen LogP contribution in [0.5, 0.6) is 0 Å². The topological polar surface area (TPSA) is 0 Å². The molecule has 0 atom stereocenters. The molecule has 0 fully saturated rings. The Hall–Kier alpha value is -1.91. The Balaban J connectivity index is 2.20. The standard InChI is InChI=1S/C23H26P/c1-2-3-13-20-24(21-14-7-4-8-15-21,22-16-9-5-10-17-22)23-18-11-6-12-19-23/h4-12,14-19H,2-3,13,20H2,1H3. The maximum absolute atomic E-state index is 2.33. The second-order valence-electron chi connectivity index (χ2n) is 6.25. The van der Waals surface area contributed by atoms with E-state index in [1.807, 2.05) is 0 Å². The largest absolute Gasteiger partial charge is 0.0654 e. The Bertz CT molecular complexity index is 623. The minimum Gasteiger partial charge on any atom is -0.0654 e. The number of rotatable bonds is 7. The summed E-state index contributed by atoms with van der Waals surface area (Å²) in [4.78, 5) is 0. The zero-order chi connectivity index (χ0) is 16.7. The molecular formula is C23H26P. The van der Waals surface area contributed by atoms with Gasteiger partial charge in [0.25, 0.3) is 0 Å². The molecule has 0 aliphatic carbocycles. The molecule has 0 saturated heterocycles. The van der Waals surface area contributed by atoms with Gasteiger partial charge in [-0.3, -0.25) is 0 Å². The fourth-order valence-corrected chi connectivity index (χ4v) is 7.89. The highest BCUT2D eigenvalue weighted by Gasteiger charge is 2.32. The first-order valence-corrected chi connectivity index (χ1v) is 10.9. The van der Waals surface area contributed by atoms with Gasteiger partial charge < -0.3 is 0 Å². The van der Waals surface area contributed by atoms with Gasteiger partial charge in [-0.1, -0.05) is 111 Å². The van der Waals surface area contributed by atoms with E-state index in [4.69, 9.17) is 0 Å². The van der Waals surface area contributed by atoms with E-state index < -0.39 is 7.26 Å². The molecule has 0 nitrogen and oxygen atoms in total. The SMILES string of the molecule is CCCCC[P](c1ccccc1)(c1ccccc1)c1ccccc1. The van der Waals surface area contributed by atoms with Crippen molar-refractivity contribution in [3.8, 4) is 0 Å². The molecule has 0 amide bonds. The predicted octanol–water partition coefficient (Wildman–Crippen LogP) is 5.17. The monoisotopic (exact) mass is 333 g/mol. The maximum atomic E-state index is 2.33. The lowest BCUT2D eigenvalue weighted by molar-refractivity contribution is 0.776. The van der Waals surface area contributed by atoms with Crippen LogP contribution in [0.15, 0.2) is 91.0 Å². The van der Waals surface area contributed by atoms with Crippen molar-refractivity contribution in [3.63, 3.8) is 0 Å². The Labute approximate surface area is 146 Å². The Morgan fingerprint density at radius 3 is 1.25 bits per heavy atom. The van der Waals surface area contributed by atoms with Gasteiger partial charge in [0, 0.05) is 0 Å². The third kappa shape index (κ3) is 3.45. The fourth-order valence-electron chi connectivity index (χ4n) is 3.48. The molecule has 0 aliphatic rings. The highest BCUT2D eigenvalue weighted by Crippen LogP contribution is 2.55. The van der Waals surface area contributed by atoms with Crippen molar-refractivity contribution in [2.75, 3.05) is 6.16 Å². The van der Waals surface area contributed by atoms with Gasteiger partial charge in [-0.15, -0.1) is 0 Å². The van der Waals surface area contributed by atoms with Gasteiger partial charge in [-0.05, 0) is 35.8 Å². The summed E-state index contributed by atoms with van der Waals surface area (Å²) in [5.74, 6) is 0. The normalized spacial score (nSPS) is 11.4. The maximum Gasteiger partial charge on any atom is -0.0196 e. The Morgan fingerprint density at radius 2 is 0.917 bits per heavy atom. The summed E-state index contributed by atoms with van der Waals surface area (Å²) in [6.07, 6.45) is 5.09. The number of hydrogen-bond acceptors (Lipinski definition) is 0. The van der Waals surface area contributed by atoms with Crippen LogP contribution in [0.3, 0.4) is 0 Å². The molecule has 1 radical (unpaired) electrons. The minimum atomic E-state index is -1.58. The molecule has 0 saturated carbocycles. The Kier molecular flexibility index (Phi) is 5.83. The summed E-state index contributed by atoms with van der Waals surface area (Å²) in [6.45, 7) is 2.29. The van der Waals surface area contributed by atoms with Crippen LogP contribution in [0.4, 0.5) is 0 Å². The van der Waals surface area contributed by atoms with Gasteiger partial charge in [0.1, 0.15) is 0 Å². The van der Waals surface area contributed by atoms with Crippen molar-refractivity contribution >= 4 is 23.2 Å². The van der Waals surface area contributed by atoms with Crippen LogP contribution < -0.4 is 15.9 Å². The number of unbranched alkanes of at least 4 members (excludes halogenated alkanes) is 2. The highest BCUT2D eigenvalue weighted by molar-refractivity contribution is 7.95. The summed E-state index contributed by atoms with van der Waals surface area (Å²) in [6, 6.07) is 33.5. The molecule has 1 heteroatoms. The van der Waals surface area contributed by atoms with Crippen LogP contribution in [0.1, 0.15) is 26.2 Å². The van der Waals surface area contributed by atoms with Crippen LogP contribution in [0.25, 0.3) is 0 Å². The molecule has 3 aromatic carbocycles. The molecule has 0 heterocycles. The first kappa shape index (κ1) is 16.9. The Morgan fingerprint density at radius 1 is 0.542 bits per heavy atom. The van der Waals surface area contributed by atoms with E-state index in [2.05, 4.69) is 97.9 Å². The van der Waals surface area contributed by atoms with Crippen LogP contribution in [0.2, 0.25) is 0 Å². The van der Waals surface area contributed by atoms with Gasteiger partial charge in [0.05, 0.1) is 0 Å². The summed E-state index contributed by atoms with van der Waals surface area (Å²) in [5.41, 5.74) is 0. The fraction of sp³-hybridized carbons (Fsp3) is 0.217.